The number of anilines is 1. The number of nitrogens with one attached hydrogen (secondary N) is 1. The third-order valence-electron chi connectivity index (χ3n) is 5.19. The lowest BCUT2D eigenvalue weighted by atomic mass is 10.1. The van der Waals surface area contributed by atoms with Crippen molar-refractivity contribution in [3.63, 3.8) is 0 Å². The van der Waals surface area contributed by atoms with Crippen LogP contribution in [0.1, 0.15) is 21.9 Å². The molecule has 0 atom stereocenters. The third kappa shape index (κ3) is 4.17. The van der Waals surface area contributed by atoms with Gasteiger partial charge >= 0.3 is 5.97 Å². The Hall–Kier alpha value is -3.78. The number of nitrogens with zero attached hydrogens (tertiary/aromatic N) is 1. The van der Waals surface area contributed by atoms with Crippen LogP contribution in [0.15, 0.2) is 51.3 Å². The fourth-order valence-corrected chi connectivity index (χ4v) is 3.71. The molecule has 0 aliphatic rings. The maximum atomic E-state index is 12.7. The summed E-state index contributed by atoms with van der Waals surface area (Å²) in [5.41, 5.74) is 2.34. The average molecular weight is 436 g/mol. The second-order valence-corrected chi connectivity index (χ2v) is 7.54. The van der Waals surface area contributed by atoms with Crippen LogP contribution in [-0.2, 0) is 16.1 Å². The number of fused-ring (bicyclic) bond motifs is 3. The molecular weight excluding hydrogens is 412 g/mol. The number of aryl methyl sites for hydroxylation is 1. The number of furan rings is 2. The molecule has 2 aromatic carbocycles. The molecule has 1 amide bonds. The van der Waals surface area contributed by atoms with Crippen molar-refractivity contribution in [2.75, 3.05) is 33.1 Å². The first-order chi connectivity index (χ1) is 15.4. The van der Waals surface area contributed by atoms with Crippen molar-refractivity contribution in [2.24, 2.45) is 0 Å². The fraction of sp³-hybridized carbons (Fsp3) is 0.250. The van der Waals surface area contributed by atoms with Crippen LogP contribution < -0.4 is 10.1 Å². The molecule has 0 spiro atoms. The highest BCUT2D eigenvalue weighted by Gasteiger charge is 2.18. The van der Waals surface area contributed by atoms with Crippen molar-refractivity contribution in [3.8, 4) is 5.75 Å². The second-order valence-electron chi connectivity index (χ2n) is 7.54. The second kappa shape index (κ2) is 8.76. The van der Waals surface area contributed by atoms with Gasteiger partial charge in [0.15, 0.2) is 0 Å². The molecular formula is C24H24N2O6. The van der Waals surface area contributed by atoms with Crippen molar-refractivity contribution >= 4 is 39.5 Å². The van der Waals surface area contributed by atoms with Gasteiger partial charge in [-0.15, -0.1) is 0 Å². The summed E-state index contributed by atoms with van der Waals surface area (Å²) in [6, 6.07) is 13.0. The van der Waals surface area contributed by atoms with Crippen LogP contribution in [0.3, 0.4) is 0 Å². The molecule has 0 radical (unpaired) electrons. The number of ether oxygens (including phenoxy) is 2. The average Bonchev–Trinajstić information content (AvgIpc) is 3.31. The maximum absolute atomic E-state index is 12.7. The molecule has 0 saturated heterocycles. The Morgan fingerprint density at radius 2 is 1.81 bits per heavy atom. The fourth-order valence-electron chi connectivity index (χ4n) is 3.71. The molecule has 8 nitrogen and oxygen atoms in total. The van der Waals surface area contributed by atoms with Gasteiger partial charge in [0, 0.05) is 16.8 Å². The van der Waals surface area contributed by atoms with E-state index in [1.165, 1.54) is 7.11 Å². The Labute approximate surface area is 184 Å². The highest BCUT2D eigenvalue weighted by Crippen LogP contribution is 2.36. The van der Waals surface area contributed by atoms with Crippen LogP contribution >= 0.6 is 0 Å². The van der Waals surface area contributed by atoms with E-state index in [4.69, 9.17) is 18.3 Å². The van der Waals surface area contributed by atoms with Gasteiger partial charge in [-0.05, 0) is 32.2 Å². The van der Waals surface area contributed by atoms with E-state index in [2.05, 4.69) is 5.32 Å². The smallest absolute Gasteiger partial charge is 0.341 e. The standard InChI is InChI=1S/C24H24N2O6/c1-14-17(24(28)30-4)9-15(31-14)12-26(2)13-23(27)25-19-11-21-18(10-22(19)29-3)16-7-5-6-8-20(16)32-21/h5-11H,12-13H2,1-4H3,(H,25,27). The monoisotopic (exact) mass is 436 g/mol. The Kier molecular flexibility index (Phi) is 5.87. The van der Waals surface area contributed by atoms with Gasteiger partial charge in [-0.1, -0.05) is 18.2 Å². The first-order valence-electron chi connectivity index (χ1n) is 10.0. The van der Waals surface area contributed by atoms with E-state index in [1.807, 2.05) is 30.3 Å². The Morgan fingerprint density at radius 1 is 1.03 bits per heavy atom. The number of carbonyl (C=O) groups excluding carboxylic acids is 2. The molecule has 8 heteroatoms. The Morgan fingerprint density at radius 3 is 2.56 bits per heavy atom. The lowest BCUT2D eigenvalue weighted by Gasteiger charge is -2.16. The van der Waals surface area contributed by atoms with E-state index in [0.29, 0.717) is 40.6 Å². The summed E-state index contributed by atoms with van der Waals surface area (Å²) in [7, 11) is 4.67. The first kappa shape index (κ1) is 21.5. The van der Waals surface area contributed by atoms with E-state index in [0.717, 1.165) is 16.4 Å². The molecule has 0 aliphatic heterocycles. The minimum Gasteiger partial charge on any atom is -0.495 e. The molecule has 32 heavy (non-hydrogen) atoms. The zero-order valence-electron chi connectivity index (χ0n) is 18.4. The van der Waals surface area contributed by atoms with Gasteiger partial charge in [-0.25, -0.2) is 4.79 Å². The summed E-state index contributed by atoms with van der Waals surface area (Å²) in [6.07, 6.45) is 0. The molecule has 0 unspecified atom stereocenters. The van der Waals surface area contributed by atoms with Crippen molar-refractivity contribution in [3.05, 3.63) is 59.5 Å². The molecule has 1 N–H and O–H groups in total. The number of benzene rings is 2. The number of amides is 1. The molecule has 4 rings (SSSR count). The largest absolute Gasteiger partial charge is 0.495 e. The van der Waals surface area contributed by atoms with Crippen LogP contribution in [0.25, 0.3) is 21.9 Å². The predicted octanol–water partition coefficient (Wildman–Crippen LogP) is 4.35. The normalized spacial score (nSPS) is 11.3. The molecule has 0 bridgehead atoms. The highest BCUT2D eigenvalue weighted by atomic mass is 16.5. The van der Waals surface area contributed by atoms with Gasteiger partial charge in [0.25, 0.3) is 0 Å². The van der Waals surface area contributed by atoms with E-state index >= 15 is 0 Å². The first-order valence-corrected chi connectivity index (χ1v) is 10.0. The Bertz CT molecular complexity index is 1300. The van der Waals surface area contributed by atoms with Crippen LogP contribution in [-0.4, -0.2) is 44.6 Å². The Balaban J connectivity index is 1.47. The van der Waals surface area contributed by atoms with Crippen molar-refractivity contribution < 1.29 is 27.9 Å². The minimum absolute atomic E-state index is 0.106. The molecule has 2 heterocycles. The quantitative estimate of drug-likeness (QED) is 0.430. The number of methoxy groups -OCH3 is 2. The maximum Gasteiger partial charge on any atom is 0.341 e. The van der Waals surface area contributed by atoms with Crippen LogP contribution in [0, 0.1) is 6.92 Å². The summed E-state index contributed by atoms with van der Waals surface area (Å²) in [5, 5.41) is 4.79. The number of esters is 1. The summed E-state index contributed by atoms with van der Waals surface area (Å²) in [5.74, 6) is 0.918. The van der Waals surface area contributed by atoms with Crippen molar-refractivity contribution in [1.82, 2.24) is 4.90 Å². The summed E-state index contributed by atoms with van der Waals surface area (Å²) in [6.45, 7) is 2.16. The number of likely N-dealkylation sites (N-methyl/N-ethyl adjacent to an activating group) is 1. The van der Waals surface area contributed by atoms with Crippen LogP contribution in [0.2, 0.25) is 0 Å². The molecule has 0 aliphatic carbocycles. The van der Waals surface area contributed by atoms with Crippen molar-refractivity contribution in [1.29, 1.82) is 0 Å². The zero-order chi connectivity index (χ0) is 22.8. The highest BCUT2D eigenvalue weighted by molar-refractivity contribution is 6.07. The lowest BCUT2D eigenvalue weighted by Crippen LogP contribution is -2.29. The minimum atomic E-state index is -0.453. The SMILES string of the molecule is COC(=O)c1cc(CN(C)CC(=O)Nc2cc3oc4ccccc4c3cc2OC)oc1C. The summed E-state index contributed by atoms with van der Waals surface area (Å²) >= 11 is 0. The number of hydrogen-bond donors (Lipinski definition) is 1. The predicted molar refractivity (Wildman–Crippen MR) is 120 cm³/mol. The topological polar surface area (TPSA) is 94.2 Å². The summed E-state index contributed by atoms with van der Waals surface area (Å²) in [4.78, 5) is 26.2. The molecule has 2 aromatic heterocycles. The van der Waals surface area contributed by atoms with Gasteiger partial charge in [0.05, 0.1) is 33.0 Å². The third-order valence-corrected chi connectivity index (χ3v) is 5.19. The zero-order valence-corrected chi connectivity index (χ0v) is 18.4. The number of hydrogen-bond acceptors (Lipinski definition) is 7. The molecule has 0 saturated carbocycles. The van der Waals surface area contributed by atoms with E-state index in [-0.39, 0.29) is 12.5 Å². The summed E-state index contributed by atoms with van der Waals surface area (Å²) < 4.78 is 21.8. The van der Waals surface area contributed by atoms with E-state index < -0.39 is 5.97 Å². The number of para-hydroxylation sites is 1. The van der Waals surface area contributed by atoms with Crippen LogP contribution in [0.5, 0.6) is 5.75 Å². The van der Waals surface area contributed by atoms with Gasteiger partial charge < -0.3 is 23.6 Å². The number of carbonyl (C=O) groups is 2. The van der Waals surface area contributed by atoms with Crippen LogP contribution in [0.4, 0.5) is 5.69 Å². The van der Waals surface area contributed by atoms with E-state index in [1.54, 1.807) is 38.1 Å². The molecule has 166 valence electrons. The van der Waals surface area contributed by atoms with E-state index in [9.17, 15) is 9.59 Å². The number of rotatable bonds is 7. The van der Waals surface area contributed by atoms with Gasteiger partial charge in [-0.3, -0.25) is 9.69 Å². The molecule has 0 fully saturated rings. The van der Waals surface area contributed by atoms with Gasteiger partial charge in [0.2, 0.25) is 5.91 Å². The van der Waals surface area contributed by atoms with Gasteiger partial charge in [-0.2, -0.15) is 0 Å². The van der Waals surface area contributed by atoms with Crippen molar-refractivity contribution in [2.45, 2.75) is 13.5 Å². The lowest BCUT2D eigenvalue weighted by molar-refractivity contribution is -0.117. The van der Waals surface area contributed by atoms with Gasteiger partial charge in [0.1, 0.15) is 34.0 Å². The molecule has 4 aromatic rings.